The topological polar surface area (TPSA) is 40.5 Å². The monoisotopic (exact) mass is 223 g/mol. The normalized spacial score (nSPS) is 28.4. The van der Waals surface area contributed by atoms with Crippen LogP contribution in [0.2, 0.25) is 0 Å². The minimum atomic E-state index is -0.565. The third kappa shape index (κ3) is 2.85. The Balaban J connectivity index is 1.80. The summed E-state index contributed by atoms with van der Waals surface area (Å²) in [5.74, 6) is 0.710. The fourth-order valence-electron chi connectivity index (χ4n) is 2.46. The maximum atomic E-state index is 12.0. The lowest BCUT2D eigenvalue weighted by atomic mass is 9.93. The molecule has 1 fully saturated rings. The lowest BCUT2D eigenvalue weighted by molar-refractivity contribution is -0.135. The zero-order chi connectivity index (χ0) is 11.6. The molecule has 0 saturated carbocycles. The van der Waals surface area contributed by atoms with E-state index in [0.29, 0.717) is 38.3 Å². The zero-order valence-electron chi connectivity index (χ0n) is 9.98. The third-order valence-corrected chi connectivity index (χ3v) is 3.74. The molecule has 0 aromatic rings. The summed E-state index contributed by atoms with van der Waals surface area (Å²) < 4.78 is 0. The smallest absolute Gasteiger partial charge is 0.223 e. The SMILES string of the molecule is CC1(O)CCN(C(=O)CC2C=CCC2)CC1. The van der Waals surface area contributed by atoms with Crippen LogP contribution in [0.1, 0.15) is 39.0 Å². The molecular weight excluding hydrogens is 202 g/mol. The molecule has 3 nitrogen and oxygen atoms in total. The molecule has 0 spiro atoms. The molecule has 0 aromatic heterocycles. The van der Waals surface area contributed by atoms with Gasteiger partial charge in [0.1, 0.15) is 0 Å². The largest absolute Gasteiger partial charge is 0.390 e. The van der Waals surface area contributed by atoms with E-state index in [9.17, 15) is 9.90 Å². The highest BCUT2D eigenvalue weighted by atomic mass is 16.3. The van der Waals surface area contributed by atoms with E-state index in [2.05, 4.69) is 12.2 Å². The molecule has 2 rings (SSSR count). The van der Waals surface area contributed by atoms with Crippen molar-refractivity contribution in [2.24, 2.45) is 5.92 Å². The second kappa shape index (κ2) is 4.58. The molecular formula is C13H21NO2. The first kappa shape index (κ1) is 11.6. The van der Waals surface area contributed by atoms with Crippen molar-refractivity contribution in [3.63, 3.8) is 0 Å². The molecule has 2 aliphatic rings. The Morgan fingerprint density at radius 2 is 2.19 bits per heavy atom. The highest BCUT2D eigenvalue weighted by Crippen LogP contribution is 2.25. The highest BCUT2D eigenvalue weighted by Gasteiger charge is 2.30. The third-order valence-electron chi connectivity index (χ3n) is 3.74. The van der Waals surface area contributed by atoms with Crippen LogP contribution in [0.5, 0.6) is 0 Å². The number of carbonyl (C=O) groups excluding carboxylic acids is 1. The minimum absolute atomic E-state index is 0.257. The van der Waals surface area contributed by atoms with E-state index in [4.69, 9.17) is 0 Å². The average Bonchev–Trinajstić information content (AvgIpc) is 2.70. The maximum Gasteiger partial charge on any atom is 0.223 e. The molecule has 0 aromatic carbocycles. The fraction of sp³-hybridized carbons (Fsp3) is 0.769. The van der Waals surface area contributed by atoms with Crippen LogP contribution in [0.25, 0.3) is 0 Å². The van der Waals surface area contributed by atoms with Gasteiger partial charge in [-0.2, -0.15) is 0 Å². The van der Waals surface area contributed by atoms with E-state index in [1.54, 1.807) is 0 Å². The van der Waals surface area contributed by atoms with Crippen LogP contribution < -0.4 is 0 Å². The number of carbonyl (C=O) groups is 1. The first-order chi connectivity index (χ1) is 7.57. The molecule has 1 N–H and O–H groups in total. The number of piperidine rings is 1. The molecule has 16 heavy (non-hydrogen) atoms. The molecule has 1 amide bonds. The van der Waals surface area contributed by atoms with Gasteiger partial charge in [-0.15, -0.1) is 0 Å². The van der Waals surface area contributed by atoms with Gasteiger partial charge in [0.2, 0.25) is 5.91 Å². The van der Waals surface area contributed by atoms with Crippen molar-refractivity contribution in [1.82, 2.24) is 4.90 Å². The molecule has 1 unspecified atom stereocenters. The van der Waals surface area contributed by atoms with Gasteiger partial charge in [0.25, 0.3) is 0 Å². The number of hydrogen-bond donors (Lipinski definition) is 1. The number of nitrogens with zero attached hydrogens (tertiary/aromatic N) is 1. The summed E-state index contributed by atoms with van der Waals surface area (Å²) in [6.07, 6.45) is 8.64. The van der Waals surface area contributed by atoms with Crippen LogP contribution >= 0.6 is 0 Å². The Morgan fingerprint density at radius 3 is 2.75 bits per heavy atom. The van der Waals surface area contributed by atoms with Gasteiger partial charge in [0.05, 0.1) is 5.60 Å². The Morgan fingerprint density at radius 1 is 1.50 bits per heavy atom. The quantitative estimate of drug-likeness (QED) is 0.724. The number of amides is 1. The van der Waals surface area contributed by atoms with Crippen molar-refractivity contribution in [2.75, 3.05) is 13.1 Å². The van der Waals surface area contributed by atoms with E-state index < -0.39 is 5.60 Å². The average molecular weight is 223 g/mol. The number of allylic oxidation sites excluding steroid dienone is 2. The van der Waals surface area contributed by atoms with Gasteiger partial charge < -0.3 is 10.0 Å². The summed E-state index contributed by atoms with van der Waals surface area (Å²) in [7, 11) is 0. The molecule has 0 bridgehead atoms. The van der Waals surface area contributed by atoms with Gasteiger partial charge in [-0.25, -0.2) is 0 Å². The van der Waals surface area contributed by atoms with Gasteiger partial charge in [-0.3, -0.25) is 4.79 Å². The van der Waals surface area contributed by atoms with Gasteiger partial charge in [0, 0.05) is 19.5 Å². The second-order valence-electron chi connectivity index (χ2n) is 5.35. The Bertz CT molecular complexity index is 286. The summed E-state index contributed by atoms with van der Waals surface area (Å²) in [5.41, 5.74) is -0.565. The van der Waals surface area contributed by atoms with Gasteiger partial charge in [0.15, 0.2) is 0 Å². The van der Waals surface area contributed by atoms with Crippen LogP contribution in [0, 0.1) is 5.92 Å². The summed E-state index contributed by atoms with van der Waals surface area (Å²) in [4.78, 5) is 13.9. The molecule has 1 aliphatic heterocycles. The van der Waals surface area contributed by atoms with Crippen molar-refractivity contribution in [2.45, 2.75) is 44.6 Å². The standard InChI is InChI=1S/C13H21NO2/c1-13(16)6-8-14(9-7-13)12(15)10-11-4-2-3-5-11/h2,4,11,16H,3,5-10H2,1H3. The Kier molecular flexibility index (Phi) is 3.33. The van der Waals surface area contributed by atoms with E-state index in [1.165, 1.54) is 0 Å². The summed E-state index contributed by atoms with van der Waals surface area (Å²) in [6, 6.07) is 0. The van der Waals surface area contributed by atoms with Crippen molar-refractivity contribution in [1.29, 1.82) is 0 Å². The summed E-state index contributed by atoms with van der Waals surface area (Å²) in [6.45, 7) is 3.28. The highest BCUT2D eigenvalue weighted by molar-refractivity contribution is 5.76. The van der Waals surface area contributed by atoms with Crippen LogP contribution in [0.3, 0.4) is 0 Å². The predicted molar refractivity (Wildman–Crippen MR) is 62.9 cm³/mol. The van der Waals surface area contributed by atoms with Crippen molar-refractivity contribution in [3.8, 4) is 0 Å². The first-order valence-electron chi connectivity index (χ1n) is 6.24. The Labute approximate surface area is 97.1 Å². The van der Waals surface area contributed by atoms with Crippen molar-refractivity contribution < 1.29 is 9.90 Å². The first-order valence-corrected chi connectivity index (χ1v) is 6.24. The molecule has 0 radical (unpaired) electrons. The maximum absolute atomic E-state index is 12.0. The lowest BCUT2D eigenvalue weighted by Crippen LogP contribution is -2.45. The molecule has 90 valence electrons. The molecule has 3 heteroatoms. The Hall–Kier alpha value is -0.830. The zero-order valence-corrected chi connectivity index (χ0v) is 9.98. The minimum Gasteiger partial charge on any atom is -0.390 e. The van der Waals surface area contributed by atoms with E-state index in [-0.39, 0.29) is 5.91 Å². The molecule has 1 aliphatic carbocycles. The predicted octanol–water partition coefficient (Wildman–Crippen LogP) is 1.72. The van der Waals surface area contributed by atoms with E-state index >= 15 is 0 Å². The van der Waals surface area contributed by atoms with Gasteiger partial charge >= 0.3 is 0 Å². The molecule has 1 heterocycles. The van der Waals surface area contributed by atoms with E-state index in [1.807, 2.05) is 11.8 Å². The number of aliphatic hydroxyl groups is 1. The second-order valence-corrected chi connectivity index (χ2v) is 5.35. The van der Waals surface area contributed by atoms with Gasteiger partial charge in [-0.05, 0) is 38.5 Å². The number of likely N-dealkylation sites (tertiary alicyclic amines) is 1. The van der Waals surface area contributed by atoms with E-state index in [0.717, 1.165) is 12.8 Å². The van der Waals surface area contributed by atoms with Crippen LogP contribution in [-0.4, -0.2) is 34.6 Å². The van der Waals surface area contributed by atoms with Crippen LogP contribution in [-0.2, 0) is 4.79 Å². The molecule has 1 saturated heterocycles. The number of rotatable bonds is 2. The fourth-order valence-corrected chi connectivity index (χ4v) is 2.46. The van der Waals surface area contributed by atoms with Crippen molar-refractivity contribution >= 4 is 5.91 Å². The summed E-state index contributed by atoms with van der Waals surface area (Å²) in [5, 5.41) is 9.81. The van der Waals surface area contributed by atoms with Gasteiger partial charge in [-0.1, -0.05) is 12.2 Å². The van der Waals surface area contributed by atoms with Crippen molar-refractivity contribution in [3.05, 3.63) is 12.2 Å². The number of hydrogen-bond acceptors (Lipinski definition) is 2. The summed E-state index contributed by atoms with van der Waals surface area (Å²) >= 11 is 0. The molecule has 1 atom stereocenters. The lowest BCUT2D eigenvalue weighted by Gasteiger charge is -2.36. The van der Waals surface area contributed by atoms with Crippen LogP contribution in [0.15, 0.2) is 12.2 Å². The van der Waals surface area contributed by atoms with Crippen LogP contribution in [0.4, 0.5) is 0 Å².